The van der Waals surface area contributed by atoms with E-state index >= 15 is 0 Å². The van der Waals surface area contributed by atoms with Crippen molar-refractivity contribution in [2.75, 3.05) is 0 Å². The Labute approximate surface area is 132 Å². The van der Waals surface area contributed by atoms with Gasteiger partial charge in [0.1, 0.15) is 5.82 Å². The Morgan fingerprint density at radius 3 is 2.32 bits per heavy atom. The van der Waals surface area contributed by atoms with Crippen molar-refractivity contribution >= 4 is 5.57 Å². The lowest BCUT2D eigenvalue weighted by atomic mass is 9.86. The van der Waals surface area contributed by atoms with Crippen molar-refractivity contribution in [3.05, 3.63) is 78.1 Å². The third-order valence-corrected chi connectivity index (χ3v) is 4.55. The predicted molar refractivity (Wildman–Crippen MR) is 92.1 cm³/mol. The highest BCUT2D eigenvalue weighted by Crippen LogP contribution is 2.32. The van der Waals surface area contributed by atoms with Gasteiger partial charge in [-0.25, -0.2) is 4.39 Å². The first-order valence-corrected chi connectivity index (χ1v) is 7.86. The molecular formula is C21H21F. The van der Waals surface area contributed by atoms with Crippen molar-refractivity contribution in [1.82, 2.24) is 0 Å². The molecule has 0 aromatic heterocycles. The molecule has 0 N–H and O–H groups in total. The lowest BCUT2D eigenvalue weighted by Gasteiger charge is -2.19. The summed E-state index contributed by atoms with van der Waals surface area (Å²) in [4.78, 5) is 0. The Hall–Kier alpha value is -2.15. The molecule has 3 rings (SSSR count). The molecule has 0 fully saturated rings. The maximum atomic E-state index is 13.7. The Bertz CT molecular complexity index is 707. The number of halogens is 1. The Balaban J connectivity index is 1.82. The summed E-state index contributed by atoms with van der Waals surface area (Å²) in [7, 11) is 0. The molecule has 1 aliphatic carbocycles. The maximum absolute atomic E-state index is 13.7. The standard InChI is InChI=1S/C21H21F/c1-3-16-5-8-17(9-6-16)18-10-12-19(13-11-18)20-7-4-15(2)21(22)14-20/h3-4,7-8,10-14,16H,1,5-6,9H2,2H3. The van der Waals surface area contributed by atoms with Gasteiger partial charge in [-0.3, -0.25) is 0 Å². The minimum atomic E-state index is -0.146. The Morgan fingerprint density at radius 2 is 1.73 bits per heavy atom. The summed E-state index contributed by atoms with van der Waals surface area (Å²) in [6, 6.07) is 13.9. The van der Waals surface area contributed by atoms with Gasteiger partial charge >= 0.3 is 0 Å². The average Bonchev–Trinajstić information content (AvgIpc) is 2.58. The monoisotopic (exact) mass is 292 g/mol. The van der Waals surface area contributed by atoms with E-state index in [4.69, 9.17) is 0 Å². The molecule has 112 valence electrons. The molecule has 1 aliphatic rings. The highest BCUT2D eigenvalue weighted by Gasteiger charge is 2.12. The van der Waals surface area contributed by atoms with E-state index in [2.05, 4.69) is 43.0 Å². The van der Waals surface area contributed by atoms with Crippen LogP contribution in [0.5, 0.6) is 0 Å². The van der Waals surface area contributed by atoms with Gasteiger partial charge in [0.2, 0.25) is 0 Å². The second kappa shape index (κ2) is 6.31. The summed E-state index contributed by atoms with van der Waals surface area (Å²) in [6.07, 6.45) is 7.76. The zero-order chi connectivity index (χ0) is 15.5. The summed E-state index contributed by atoms with van der Waals surface area (Å²) in [5.74, 6) is 0.477. The van der Waals surface area contributed by atoms with Crippen LogP contribution >= 0.6 is 0 Å². The molecule has 1 unspecified atom stereocenters. The average molecular weight is 292 g/mol. The largest absolute Gasteiger partial charge is 0.207 e. The highest BCUT2D eigenvalue weighted by atomic mass is 19.1. The molecule has 0 bridgehead atoms. The minimum absolute atomic E-state index is 0.146. The molecule has 1 atom stereocenters. The minimum Gasteiger partial charge on any atom is -0.207 e. The van der Waals surface area contributed by atoms with Gasteiger partial charge in [0.05, 0.1) is 0 Å². The topological polar surface area (TPSA) is 0 Å². The third kappa shape index (κ3) is 3.04. The fourth-order valence-electron chi connectivity index (χ4n) is 2.98. The van der Waals surface area contributed by atoms with E-state index in [-0.39, 0.29) is 5.82 Å². The number of rotatable bonds is 3. The number of hydrogen-bond donors (Lipinski definition) is 0. The van der Waals surface area contributed by atoms with E-state index in [1.165, 1.54) is 17.6 Å². The SMILES string of the molecule is C=CC1CC=C(c2ccc(-c3ccc(C)c(F)c3)cc2)CC1. The van der Waals surface area contributed by atoms with Gasteiger partial charge < -0.3 is 0 Å². The van der Waals surface area contributed by atoms with Crippen LogP contribution < -0.4 is 0 Å². The molecular weight excluding hydrogens is 271 g/mol. The van der Waals surface area contributed by atoms with Crippen molar-refractivity contribution < 1.29 is 4.39 Å². The fraction of sp³-hybridized carbons (Fsp3) is 0.238. The molecule has 0 saturated carbocycles. The van der Waals surface area contributed by atoms with Gasteiger partial charge in [-0.15, -0.1) is 6.58 Å². The highest BCUT2D eigenvalue weighted by molar-refractivity contribution is 5.71. The van der Waals surface area contributed by atoms with Gasteiger partial charge in [-0.2, -0.15) is 0 Å². The number of allylic oxidation sites excluding steroid dienone is 3. The van der Waals surface area contributed by atoms with E-state index in [1.54, 1.807) is 13.0 Å². The fourth-order valence-corrected chi connectivity index (χ4v) is 2.98. The van der Waals surface area contributed by atoms with Gasteiger partial charge in [0.15, 0.2) is 0 Å². The first kappa shape index (κ1) is 14.8. The van der Waals surface area contributed by atoms with Crippen LogP contribution in [0.4, 0.5) is 4.39 Å². The number of aryl methyl sites for hydroxylation is 1. The van der Waals surface area contributed by atoms with E-state index in [9.17, 15) is 4.39 Å². The molecule has 22 heavy (non-hydrogen) atoms. The van der Waals surface area contributed by atoms with Crippen LogP contribution in [0, 0.1) is 18.7 Å². The van der Waals surface area contributed by atoms with Crippen LogP contribution in [0.3, 0.4) is 0 Å². The van der Waals surface area contributed by atoms with Crippen molar-refractivity contribution in [2.45, 2.75) is 26.2 Å². The van der Waals surface area contributed by atoms with Crippen LogP contribution in [-0.2, 0) is 0 Å². The van der Waals surface area contributed by atoms with E-state index in [0.717, 1.165) is 24.0 Å². The lowest BCUT2D eigenvalue weighted by molar-refractivity contribution is 0.593. The zero-order valence-corrected chi connectivity index (χ0v) is 13.0. The van der Waals surface area contributed by atoms with E-state index in [1.807, 2.05) is 12.1 Å². The van der Waals surface area contributed by atoms with Crippen LogP contribution in [0.2, 0.25) is 0 Å². The number of hydrogen-bond acceptors (Lipinski definition) is 0. The summed E-state index contributed by atoms with van der Waals surface area (Å²) in [5, 5.41) is 0. The van der Waals surface area contributed by atoms with Gasteiger partial charge in [-0.1, -0.05) is 48.6 Å². The second-order valence-corrected chi connectivity index (χ2v) is 6.04. The first-order valence-electron chi connectivity index (χ1n) is 7.86. The van der Waals surface area contributed by atoms with Gasteiger partial charge in [0.25, 0.3) is 0 Å². The molecule has 0 spiro atoms. The van der Waals surface area contributed by atoms with Gasteiger partial charge in [-0.05, 0) is 66.0 Å². The van der Waals surface area contributed by atoms with E-state index < -0.39 is 0 Å². The molecule has 0 radical (unpaired) electrons. The number of benzene rings is 2. The third-order valence-electron chi connectivity index (χ3n) is 4.55. The summed E-state index contributed by atoms with van der Waals surface area (Å²) in [5.41, 5.74) is 5.37. The molecule has 2 aromatic rings. The first-order chi connectivity index (χ1) is 10.7. The van der Waals surface area contributed by atoms with Crippen LogP contribution in [-0.4, -0.2) is 0 Å². The molecule has 2 aromatic carbocycles. The molecule has 0 saturated heterocycles. The van der Waals surface area contributed by atoms with Crippen LogP contribution in [0.15, 0.2) is 61.2 Å². The maximum Gasteiger partial charge on any atom is 0.126 e. The molecule has 0 aliphatic heterocycles. The summed E-state index contributed by atoms with van der Waals surface area (Å²) < 4.78 is 13.7. The van der Waals surface area contributed by atoms with Crippen molar-refractivity contribution in [1.29, 1.82) is 0 Å². The van der Waals surface area contributed by atoms with Crippen molar-refractivity contribution in [3.8, 4) is 11.1 Å². The molecule has 0 amide bonds. The Kier molecular flexibility index (Phi) is 4.24. The van der Waals surface area contributed by atoms with Crippen LogP contribution in [0.25, 0.3) is 16.7 Å². The summed E-state index contributed by atoms with van der Waals surface area (Å²) >= 11 is 0. The zero-order valence-electron chi connectivity index (χ0n) is 13.0. The quantitative estimate of drug-likeness (QED) is 0.593. The molecule has 0 nitrogen and oxygen atoms in total. The molecule has 1 heteroatoms. The Morgan fingerprint density at radius 1 is 1.05 bits per heavy atom. The predicted octanol–water partition coefficient (Wildman–Crippen LogP) is 6.17. The van der Waals surface area contributed by atoms with Gasteiger partial charge in [0, 0.05) is 0 Å². The smallest absolute Gasteiger partial charge is 0.126 e. The lowest BCUT2D eigenvalue weighted by Crippen LogP contribution is -2.02. The second-order valence-electron chi connectivity index (χ2n) is 6.04. The van der Waals surface area contributed by atoms with Crippen molar-refractivity contribution in [3.63, 3.8) is 0 Å². The summed E-state index contributed by atoms with van der Waals surface area (Å²) in [6.45, 7) is 5.67. The van der Waals surface area contributed by atoms with E-state index in [0.29, 0.717) is 11.5 Å². The normalized spacial score (nSPS) is 17.9. The van der Waals surface area contributed by atoms with Crippen LogP contribution in [0.1, 0.15) is 30.4 Å². The molecule has 0 heterocycles. The van der Waals surface area contributed by atoms with Crippen molar-refractivity contribution in [2.24, 2.45) is 5.92 Å².